The first-order valence-electron chi connectivity index (χ1n) is 14.0. The van der Waals surface area contributed by atoms with Crippen molar-refractivity contribution in [3.8, 4) is 0 Å². The highest BCUT2D eigenvalue weighted by atomic mass is 16.6. The van der Waals surface area contributed by atoms with Gasteiger partial charge in [-0.25, -0.2) is 0 Å². The van der Waals surface area contributed by atoms with Gasteiger partial charge in [-0.1, -0.05) is 0 Å². The van der Waals surface area contributed by atoms with Crippen LogP contribution in [0.2, 0.25) is 6.82 Å². The van der Waals surface area contributed by atoms with Crippen molar-refractivity contribution in [1.29, 1.82) is 0 Å². The number of carbonyl (C=O) groups excluding carboxylic acids is 3. The number of nitrogens with two attached hydrogens (primary N) is 1. The van der Waals surface area contributed by atoms with Gasteiger partial charge in [0.15, 0.2) is 0 Å². The smallest absolute Gasteiger partial charge is 0.376 e. The zero-order valence-corrected chi connectivity index (χ0v) is 24.9. The number of nitrogens with one attached hydrogen (secondary N) is 1. The summed E-state index contributed by atoms with van der Waals surface area (Å²) < 4.78 is 15.6. The summed E-state index contributed by atoms with van der Waals surface area (Å²) in [7, 11) is -0.602. The third-order valence-corrected chi connectivity index (χ3v) is 7.55. The second kappa shape index (κ2) is 15.2. The summed E-state index contributed by atoms with van der Waals surface area (Å²) in [5.74, 6) is -0.176. The molecule has 2 saturated heterocycles. The van der Waals surface area contributed by atoms with Gasteiger partial charge in [-0.3, -0.25) is 14.4 Å². The molecule has 0 aromatic heterocycles. The fourth-order valence-electron chi connectivity index (χ4n) is 5.24. The Hall–Kier alpha value is -1.69. The summed E-state index contributed by atoms with van der Waals surface area (Å²) >= 11 is 0. The monoisotopic (exact) mass is 541 g/mol. The van der Waals surface area contributed by atoms with Crippen molar-refractivity contribution in [1.82, 2.24) is 10.1 Å². The molecule has 2 rings (SSSR count). The van der Waals surface area contributed by atoms with Crippen LogP contribution in [0.1, 0.15) is 74.1 Å². The molecule has 0 spiro atoms. The lowest BCUT2D eigenvalue weighted by Crippen LogP contribution is -2.40. The van der Waals surface area contributed by atoms with Gasteiger partial charge in [-0.15, -0.1) is 0 Å². The predicted molar refractivity (Wildman–Crippen MR) is 148 cm³/mol. The van der Waals surface area contributed by atoms with Gasteiger partial charge in [0.25, 0.3) is 0 Å². The summed E-state index contributed by atoms with van der Waals surface area (Å²) in [6, 6.07) is 0. The second-order valence-corrected chi connectivity index (χ2v) is 11.9. The molecule has 38 heavy (non-hydrogen) atoms. The highest BCUT2D eigenvalue weighted by Crippen LogP contribution is 2.40. The summed E-state index contributed by atoms with van der Waals surface area (Å²) in [5.41, 5.74) is 4.01. The average Bonchev–Trinajstić information content (AvgIpc) is 3.35. The molecule has 2 fully saturated rings. The molecular weight excluding hydrogens is 489 g/mol. The molecule has 0 unspecified atom stereocenters. The van der Waals surface area contributed by atoms with E-state index in [0.717, 1.165) is 19.4 Å². The van der Waals surface area contributed by atoms with Crippen LogP contribution in [0.3, 0.4) is 0 Å². The Balaban J connectivity index is 0.000000437. The van der Waals surface area contributed by atoms with Crippen molar-refractivity contribution in [2.45, 2.75) is 86.6 Å². The quantitative estimate of drug-likeness (QED) is 0.203. The molecule has 0 aromatic carbocycles. The van der Waals surface area contributed by atoms with Crippen LogP contribution in [0.5, 0.6) is 0 Å². The predicted octanol–water partition coefficient (Wildman–Crippen LogP) is 2.23. The highest BCUT2D eigenvalue weighted by molar-refractivity contribution is 6.45. The van der Waals surface area contributed by atoms with Crippen molar-refractivity contribution in [3.05, 3.63) is 0 Å². The van der Waals surface area contributed by atoms with Crippen LogP contribution in [-0.4, -0.2) is 86.3 Å². The molecule has 0 bridgehead atoms. The molecule has 4 atom stereocenters. The molecule has 2 aliphatic rings. The molecule has 4 N–H and O–H groups in total. The Morgan fingerprint density at radius 1 is 1.05 bits per heavy atom. The highest BCUT2D eigenvalue weighted by Gasteiger charge is 2.50. The van der Waals surface area contributed by atoms with E-state index in [4.69, 9.17) is 19.9 Å². The van der Waals surface area contributed by atoms with Crippen molar-refractivity contribution in [2.24, 2.45) is 28.4 Å². The Bertz CT molecular complexity index is 776. The molecular formula is C27H52BN3O7. The van der Waals surface area contributed by atoms with Gasteiger partial charge >= 0.3 is 25.0 Å². The molecule has 11 heteroatoms. The van der Waals surface area contributed by atoms with E-state index >= 15 is 0 Å². The third kappa shape index (κ3) is 9.81. The number of ether oxygens (including phenoxy) is 3. The first kappa shape index (κ1) is 34.3. The molecule has 2 heterocycles. The topological polar surface area (TPSA) is 140 Å². The minimum absolute atomic E-state index is 0.0496. The lowest BCUT2D eigenvalue weighted by Gasteiger charge is -2.28. The van der Waals surface area contributed by atoms with Gasteiger partial charge < -0.3 is 35.1 Å². The van der Waals surface area contributed by atoms with Crippen LogP contribution < -0.4 is 11.1 Å². The van der Waals surface area contributed by atoms with E-state index in [-0.39, 0.29) is 29.2 Å². The molecule has 0 saturated carbocycles. The van der Waals surface area contributed by atoms with Gasteiger partial charge in [-0.05, 0) is 106 Å². The summed E-state index contributed by atoms with van der Waals surface area (Å²) in [6.07, 6.45) is 2.59. The van der Waals surface area contributed by atoms with Crippen LogP contribution in [0.15, 0.2) is 0 Å². The van der Waals surface area contributed by atoms with Crippen molar-refractivity contribution in [3.63, 3.8) is 0 Å². The molecule has 0 aliphatic carbocycles. The largest absolute Gasteiger partial charge is 0.466 e. The number of hydrogen-bond donors (Lipinski definition) is 3. The van der Waals surface area contributed by atoms with Gasteiger partial charge in [-0.2, -0.15) is 0 Å². The van der Waals surface area contributed by atoms with Crippen LogP contribution in [0.4, 0.5) is 0 Å². The minimum Gasteiger partial charge on any atom is -0.466 e. The van der Waals surface area contributed by atoms with Crippen LogP contribution in [0.25, 0.3) is 0 Å². The molecule has 0 radical (unpaired) electrons. The fraction of sp³-hybridized carbons (Fsp3) is 0.889. The van der Waals surface area contributed by atoms with Gasteiger partial charge in [0.1, 0.15) is 5.60 Å². The van der Waals surface area contributed by atoms with E-state index in [1.807, 2.05) is 46.4 Å². The normalized spacial score (nSPS) is 27.3. The maximum absolute atomic E-state index is 12.4. The van der Waals surface area contributed by atoms with Crippen molar-refractivity contribution < 1.29 is 33.6 Å². The zero-order valence-electron chi connectivity index (χ0n) is 24.9. The summed E-state index contributed by atoms with van der Waals surface area (Å²) in [6.45, 7) is 18.8. The molecule has 220 valence electrons. The van der Waals surface area contributed by atoms with E-state index in [9.17, 15) is 19.4 Å². The summed E-state index contributed by atoms with van der Waals surface area (Å²) in [5, 5.41) is 13.1. The number of rotatable bonds is 11. The first-order valence-corrected chi connectivity index (χ1v) is 14.0. The Morgan fingerprint density at radius 3 is 2.13 bits per heavy atom. The number of nitrogens with zero attached hydrogens (tertiary/aromatic N) is 1. The fourth-order valence-corrected chi connectivity index (χ4v) is 5.24. The maximum atomic E-state index is 12.4. The molecule has 2 aliphatic heterocycles. The maximum Gasteiger partial charge on any atom is 0.376 e. The second-order valence-electron chi connectivity index (χ2n) is 11.9. The van der Waals surface area contributed by atoms with Crippen LogP contribution in [0, 0.1) is 22.7 Å². The Morgan fingerprint density at radius 2 is 1.63 bits per heavy atom. The summed E-state index contributed by atoms with van der Waals surface area (Å²) in [4.78, 5) is 37.9. The van der Waals surface area contributed by atoms with Crippen LogP contribution in [-0.2, 0) is 28.6 Å². The molecule has 0 amide bonds. The zero-order chi connectivity index (χ0) is 29.1. The van der Waals surface area contributed by atoms with E-state index < -0.39 is 18.1 Å². The lowest BCUT2D eigenvalue weighted by molar-refractivity contribution is -0.157. The van der Waals surface area contributed by atoms with Crippen LogP contribution >= 0.6 is 0 Å². The van der Waals surface area contributed by atoms with Gasteiger partial charge in [0.2, 0.25) is 0 Å². The van der Waals surface area contributed by atoms with Crippen molar-refractivity contribution >= 4 is 25.0 Å². The Labute approximate surface area is 229 Å². The molecule has 10 nitrogen and oxygen atoms in total. The van der Waals surface area contributed by atoms with E-state index in [1.54, 1.807) is 13.7 Å². The Kier molecular flexibility index (Phi) is 13.7. The van der Waals surface area contributed by atoms with Crippen molar-refractivity contribution in [2.75, 3.05) is 45.9 Å². The average molecular weight is 542 g/mol. The number of hydrogen-bond acceptors (Lipinski definition) is 10. The SMILES string of the molecule is CCOC(=O)[C@@]1(C)CN(B(C)O)C[C@H]1CCCC(=O)OC(C)(C)C.CCOC(=O)[C@@]1(C)CNC[C@H]1CCN. The number of carbonyl (C=O) groups is 3. The minimum atomic E-state index is -0.652. The van der Waals surface area contributed by atoms with E-state index in [0.29, 0.717) is 58.2 Å². The van der Waals surface area contributed by atoms with E-state index in [1.165, 1.54) is 0 Å². The molecule has 0 aromatic rings. The number of esters is 3. The van der Waals surface area contributed by atoms with Gasteiger partial charge in [0.05, 0.1) is 24.0 Å². The standard InChI is InChI=1S/C17H32BNO5.C10H20N2O2/c1-7-23-15(21)17(5)12-19(18(6)22)11-13(17)9-8-10-14(20)24-16(2,3)4;1-3-14-9(13)10(2)7-12-6-8(10)4-5-11/h13,22H,7-12H2,1-6H3;8,12H,3-7,11H2,1-2H3/t13-,17+;8-,10+/m11/s1. The van der Waals surface area contributed by atoms with E-state index in [2.05, 4.69) is 5.32 Å². The lowest BCUT2D eigenvalue weighted by atomic mass is 9.77. The third-order valence-electron chi connectivity index (χ3n) is 7.55. The van der Waals surface area contributed by atoms with Gasteiger partial charge in [0, 0.05) is 19.5 Å². The first-order chi connectivity index (χ1) is 17.6.